The van der Waals surface area contributed by atoms with Crippen molar-refractivity contribution in [1.29, 1.82) is 0 Å². The smallest absolute Gasteiger partial charge is 0.228 e. The van der Waals surface area contributed by atoms with E-state index in [9.17, 15) is 0 Å². The van der Waals surface area contributed by atoms with Crippen molar-refractivity contribution in [2.75, 3.05) is 7.11 Å². The first-order valence-electron chi connectivity index (χ1n) is 11.3. The van der Waals surface area contributed by atoms with Crippen LogP contribution < -0.4 is 4.74 Å². The van der Waals surface area contributed by atoms with Crippen LogP contribution in [0.4, 0.5) is 0 Å². The lowest BCUT2D eigenvalue weighted by Crippen LogP contribution is -2.13. The van der Waals surface area contributed by atoms with Crippen molar-refractivity contribution in [3.63, 3.8) is 0 Å². The normalized spacial score (nSPS) is 12.8. The largest absolute Gasteiger partial charge is 0.480 e. The van der Waals surface area contributed by atoms with Gasteiger partial charge in [0.2, 0.25) is 5.88 Å². The molecule has 0 aliphatic heterocycles. The number of fused-ring (bicyclic) bond motifs is 1. The SMILES string of the molecule is COc1nc(C)nc2c1c(COCc1ccccc1)nn2C(C)c1ccc(C(C)(C)C)cc1. The molecule has 0 N–H and O–H groups in total. The summed E-state index contributed by atoms with van der Waals surface area (Å²) in [6.07, 6.45) is 0. The molecule has 2 heterocycles. The fraction of sp³-hybridized carbons (Fsp3) is 0.370. The summed E-state index contributed by atoms with van der Waals surface area (Å²) >= 11 is 0. The third-order valence-electron chi connectivity index (χ3n) is 5.87. The Balaban J connectivity index is 1.69. The van der Waals surface area contributed by atoms with Crippen LogP contribution in [0.2, 0.25) is 0 Å². The molecule has 1 atom stereocenters. The van der Waals surface area contributed by atoms with Crippen molar-refractivity contribution in [3.8, 4) is 5.88 Å². The van der Waals surface area contributed by atoms with Crippen molar-refractivity contribution in [2.45, 2.75) is 59.3 Å². The summed E-state index contributed by atoms with van der Waals surface area (Å²) < 4.78 is 13.6. The van der Waals surface area contributed by atoms with Gasteiger partial charge in [-0.05, 0) is 36.0 Å². The van der Waals surface area contributed by atoms with Gasteiger partial charge in [-0.15, -0.1) is 0 Å². The fourth-order valence-corrected chi connectivity index (χ4v) is 3.94. The van der Waals surface area contributed by atoms with Crippen molar-refractivity contribution < 1.29 is 9.47 Å². The molecule has 33 heavy (non-hydrogen) atoms. The minimum Gasteiger partial charge on any atom is -0.480 e. The van der Waals surface area contributed by atoms with E-state index in [2.05, 4.69) is 56.9 Å². The van der Waals surface area contributed by atoms with Crippen LogP contribution in [-0.4, -0.2) is 26.9 Å². The summed E-state index contributed by atoms with van der Waals surface area (Å²) in [6, 6.07) is 18.8. The van der Waals surface area contributed by atoms with Gasteiger partial charge in [0.1, 0.15) is 16.9 Å². The van der Waals surface area contributed by atoms with Gasteiger partial charge in [0, 0.05) is 0 Å². The Morgan fingerprint density at radius 3 is 2.27 bits per heavy atom. The van der Waals surface area contributed by atoms with E-state index >= 15 is 0 Å². The van der Waals surface area contributed by atoms with Gasteiger partial charge in [-0.3, -0.25) is 0 Å². The number of hydrogen-bond donors (Lipinski definition) is 0. The van der Waals surface area contributed by atoms with Gasteiger partial charge in [-0.1, -0.05) is 75.4 Å². The molecule has 0 aliphatic carbocycles. The highest BCUT2D eigenvalue weighted by Crippen LogP contribution is 2.31. The maximum absolute atomic E-state index is 6.01. The summed E-state index contributed by atoms with van der Waals surface area (Å²) in [5, 5.41) is 5.73. The van der Waals surface area contributed by atoms with Crippen LogP contribution >= 0.6 is 0 Å². The minimum absolute atomic E-state index is 0.0107. The third kappa shape index (κ3) is 4.91. The summed E-state index contributed by atoms with van der Waals surface area (Å²) in [5.41, 5.74) is 5.23. The number of nitrogens with zero attached hydrogens (tertiary/aromatic N) is 4. The molecule has 0 bridgehead atoms. The van der Waals surface area contributed by atoms with E-state index < -0.39 is 0 Å². The Bertz CT molecular complexity index is 1230. The summed E-state index contributed by atoms with van der Waals surface area (Å²) in [5.74, 6) is 1.17. The lowest BCUT2D eigenvalue weighted by Gasteiger charge is -2.20. The van der Waals surface area contributed by atoms with Crippen LogP contribution in [-0.2, 0) is 23.4 Å². The monoisotopic (exact) mass is 444 g/mol. The quantitative estimate of drug-likeness (QED) is 0.362. The molecular weight excluding hydrogens is 412 g/mol. The lowest BCUT2D eigenvalue weighted by molar-refractivity contribution is 0.105. The molecule has 4 rings (SSSR count). The van der Waals surface area contributed by atoms with Crippen molar-refractivity contribution in [1.82, 2.24) is 19.7 Å². The zero-order valence-corrected chi connectivity index (χ0v) is 20.3. The Kier molecular flexibility index (Phi) is 6.47. The first-order chi connectivity index (χ1) is 15.8. The van der Waals surface area contributed by atoms with E-state index in [0.29, 0.717) is 24.9 Å². The molecule has 2 aromatic heterocycles. The van der Waals surface area contributed by atoms with Crippen LogP contribution in [0.1, 0.15) is 61.9 Å². The van der Waals surface area contributed by atoms with Crippen molar-refractivity contribution in [2.24, 2.45) is 0 Å². The van der Waals surface area contributed by atoms with Crippen LogP contribution in [0.3, 0.4) is 0 Å². The summed E-state index contributed by atoms with van der Waals surface area (Å²) in [6.45, 7) is 11.5. The van der Waals surface area contributed by atoms with Crippen LogP contribution in [0.15, 0.2) is 54.6 Å². The van der Waals surface area contributed by atoms with Gasteiger partial charge < -0.3 is 9.47 Å². The number of aromatic nitrogens is 4. The molecule has 0 fully saturated rings. The molecule has 0 radical (unpaired) electrons. The number of aryl methyl sites for hydroxylation is 1. The highest BCUT2D eigenvalue weighted by atomic mass is 16.5. The van der Waals surface area contributed by atoms with Crippen LogP contribution in [0.5, 0.6) is 5.88 Å². The van der Waals surface area contributed by atoms with E-state index in [4.69, 9.17) is 19.6 Å². The Labute approximate surface area is 195 Å². The average molecular weight is 445 g/mol. The van der Waals surface area contributed by atoms with Gasteiger partial charge in [0.25, 0.3) is 0 Å². The number of methoxy groups -OCH3 is 1. The van der Waals surface area contributed by atoms with Crippen molar-refractivity contribution in [3.05, 3.63) is 82.8 Å². The number of hydrogen-bond acceptors (Lipinski definition) is 5. The molecule has 0 spiro atoms. The molecule has 0 saturated heterocycles. The highest BCUT2D eigenvalue weighted by molar-refractivity contribution is 5.84. The standard InChI is InChI=1S/C27H32N4O2/c1-18(21-12-14-22(15-13-21)27(3,4)5)31-25-24(26(32-6)29-19(2)28-25)23(30-31)17-33-16-20-10-8-7-9-11-20/h7-15,18H,16-17H2,1-6H3. The maximum Gasteiger partial charge on any atom is 0.228 e. The van der Waals surface area contributed by atoms with Gasteiger partial charge in [-0.2, -0.15) is 10.1 Å². The summed E-state index contributed by atoms with van der Waals surface area (Å²) in [4.78, 5) is 9.22. The lowest BCUT2D eigenvalue weighted by atomic mass is 9.86. The molecule has 4 aromatic rings. The Morgan fingerprint density at radius 2 is 1.64 bits per heavy atom. The van der Waals surface area contributed by atoms with Gasteiger partial charge in [0.15, 0.2) is 5.65 Å². The zero-order chi connectivity index (χ0) is 23.6. The first kappa shape index (κ1) is 22.9. The Hall–Kier alpha value is -3.25. The molecule has 6 heteroatoms. The van der Waals surface area contributed by atoms with Gasteiger partial charge >= 0.3 is 0 Å². The van der Waals surface area contributed by atoms with E-state index in [1.54, 1.807) is 7.11 Å². The zero-order valence-electron chi connectivity index (χ0n) is 20.3. The molecule has 2 aromatic carbocycles. The molecule has 0 amide bonds. The number of rotatable bonds is 7. The second kappa shape index (κ2) is 9.32. The molecule has 0 saturated carbocycles. The maximum atomic E-state index is 6.01. The molecule has 0 aliphatic rings. The van der Waals surface area contributed by atoms with E-state index in [1.807, 2.05) is 41.9 Å². The van der Waals surface area contributed by atoms with E-state index in [-0.39, 0.29) is 11.5 Å². The predicted octanol–water partition coefficient (Wildman–Crippen LogP) is 5.77. The molecule has 6 nitrogen and oxygen atoms in total. The van der Waals surface area contributed by atoms with Crippen molar-refractivity contribution >= 4 is 11.0 Å². The average Bonchev–Trinajstić information content (AvgIpc) is 3.16. The first-order valence-corrected chi connectivity index (χ1v) is 11.3. The second-order valence-electron chi connectivity index (χ2n) is 9.40. The van der Waals surface area contributed by atoms with E-state index in [1.165, 1.54) is 11.1 Å². The number of ether oxygens (including phenoxy) is 2. The summed E-state index contributed by atoms with van der Waals surface area (Å²) in [7, 11) is 1.63. The fourth-order valence-electron chi connectivity index (χ4n) is 3.94. The third-order valence-corrected chi connectivity index (χ3v) is 5.87. The molecular formula is C27H32N4O2. The highest BCUT2D eigenvalue weighted by Gasteiger charge is 2.23. The van der Waals surface area contributed by atoms with Crippen LogP contribution in [0, 0.1) is 6.92 Å². The number of benzene rings is 2. The van der Waals surface area contributed by atoms with Gasteiger partial charge in [-0.25, -0.2) is 9.67 Å². The predicted molar refractivity (Wildman–Crippen MR) is 131 cm³/mol. The second-order valence-corrected chi connectivity index (χ2v) is 9.40. The topological polar surface area (TPSA) is 62.1 Å². The Morgan fingerprint density at radius 1 is 0.939 bits per heavy atom. The minimum atomic E-state index is -0.0107. The van der Waals surface area contributed by atoms with Gasteiger partial charge in [0.05, 0.1) is 26.4 Å². The van der Waals surface area contributed by atoms with Crippen LogP contribution in [0.25, 0.3) is 11.0 Å². The van der Waals surface area contributed by atoms with E-state index in [0.717, 1.165) is 22.3 Å². The molecule has 172 valence electrons. The molecule has 1 unspecified atom stereocenters.